The van der Waals surface area contributed by atoms with Crippen LogP contribution in [0.4, 0.5) is 0 Å². The van der Waals surface area contributed by atoms with E-state index in [4.69, 9.17) is 11.6 Å². The van der Waals surface area contributed by atoms with Crippen molar-refractivity contribution >= 4 is 23.4 Å². The van der Waals surface area contributed by atoms with Crippen LogP contribution in [0, 0.1) is 6.92 Å². The first kappa shape index (κ1) is 21.7. The molecule has 4 rings (SSSR count). The molecule has 158 valence electrons. The molecule has 1 aromatic heterocycles. The average Bonchev–Trinajstić information content (AvgIpc) is 3.17. The van der Waals surface area contributed by atoms with Crippen LogP contribution in [0.15, 0.2) is 78.0 Å². The number of hydrogen-bond donors (Lipinski definition) is 0. The van der Waals surface area contributed by atoms with E-state index < -0.39 is 0 Å². The zero-order valence-corrected chi connectivity index (χ0v) is 19.8. The maximum atomic E-state index is 6.13. The first-order chi connectivity index (χ1) is 14.8. The van der Waals surface area contributed by atoms with E-state index in [-0.39, 0.29) is 5.41 Å². The molecule has 0 atom stereocenters. The number of hydrogen-bond acceptors (Lipinski definition) is 3. The van der Waals surface area contributed by atoms with Crippen LogP contribution in [-0.4, -0.2) is 14.8 Å². The maximum absolute atomic E-state index is 6.13. The largest absolute Gasteiger partial charge is 0.270 e. The fraction of sp³-hybridized carbons (Fsp3) is 0.231. The van der Waals surface area contributed by atoms with Crippen molar-refractivity contribution in [2.24, 2.45) is 0 Å². The molecule has 0 bridgehead atoms. The highest BCUT2D eigenvalue weighted by Gasteiger charge is 2.17. The Bertz CT molecular complexity index is 1160. The first-order valence-corrected chi connectivity index (χ1v) is 11.7. The van der Waals surface area contributed by atoms with Gasteiger partial charge in [-0.05, 0) is 47.7 Å². The molecular formula is C26H26ClN3S. The van der Waals surface area contributed by atoms with E-state index in [1.807, 2.05) is 24.3 Å². The summed E-state index contributed by atoms with van der Waals surface area (Å²) in [6, 6.07) is 25.0. The molecule has 0 aliphatic heterocycles. The molecule has 31 heavy (non-hydrogen) atoms. The highest BCUT2D eigenvalue weighted by Crippen LogP contribution is 2.31. The lowest BCUT2D eigenvalue weighted by Crippen LogP contribution is -2.10. The minimum absolute atomic E-state index is 0.156. The Morgan fingerprint density at radius 1 is 0.839 bits per heavy atom. The monoisotopic (exact) mass is 447 g/mol. The third-order valence-electron chi connectivity index (χ3n) is 5.22. The molecule has 0 unspecified atom stereocenters. The van der Waals surface area contributed by atoms with Gasteiger partial charge in [-0.3, -0.25) is 4.57 Å². The van der Waals surface area contributed by atoms with Crippen LogP contribution >= 0.6 is 23.4 Å². The number of thioether (sulfide) groups is 1. The molecule has 0 fully saturated rings. The molecule has 4 aromatic rings. The molecule has 0 N–H and O–H groups in total. The summed E-state index contributed by atoms with van der Waals surface area (Å²) in [7, 11) is 0. The zero-order valence-electron chi connectivity index (χ0n) is 18.3. The van der Waals surface area contributed by atoms with Crippen molar-refractivity contribution in [2.45, 2.75) is 44.0 Å². The van der Waals surface area contributed by atoms with Gasteiger partial charge in [0.05, 0.1) is 0 Å². The maximum Gasteiger partial charge on any atom is 0.196 e. The van der Waals surface area contributed by atoms with Crippen LogP contribution in [0.3, 0.4) is 0 Å². The smallest absolute Gasteiger partial charge is 0.196 e. The van der Waals surface area contributed by atoms with Crippen LogP contribution in [-0.2, 0) is 11.2 Å². The molecule has 0 saturated heterocycles. The van der Waals surface area contributed by atoms with Crippen molar-refractivity contribution in [1.29, 1.82) is 0 Å². The van der Waals surface area contributed by atoms with Gasteiger partial charge in [0, 0.05) is 22.0 Å². The van der Waals surface area contributed by atoms with E-state index in [1.165, 1.54) is 16.7 Å². The van der Waals surface area contributed by atoms with Gasteiger partial charge >= 0.3 is 0 Å². The SMILES string of the molecule is Cc1ccc(-c2nnc(SCc3ccc(C(C)(C)C)cc3)n2-c2ccc(Cl)cc2)cc1. The van der Waals surface area contributed by atoms with E-state index in [2.05, 4.69) is 91.0 Å². The molecule has 3 nitrogen and oxygen atoms in total. The normalized spacial score (nSPS) is 11.6. The second kappa shape index (κ2) is 8.89. The van der Waals surface area contributed by atoms with Gasteiger partial charge < -0.3 is 0 Å². The Labute approximate surface area is 193 Å². The van der Waals surface area contributed by atoms with Crippen molar-refractivity contribution in [1.82, 2.24) is 14.8 Å². The van der Waals surface area contributed by atoms with Crippen LogP contribution in [0.2, 0.25) is 5.02 Å². The van der Waals surface area contributed by atoms with Crippen LogP contribution in [0.25, 0.3) is 17.1 Å². The van der Waals surface area contributed by atoms with Gasteiger partial charge in [0.15, 0.2) is 11.0 Å². The number of benzene rings is 3. The molecule has 3 aromatic carbocycles. The summed E-state index contributed by atoms with van der Waals surface area (Å²) in [6.45, 7) is 8.79. The standard InChI is InChI=1S/C26H26ClN3S/c1-18-5-9-20(10-6-18)24-28-29-25(30(24)23-15-13-22(27)14-16-23)31-17-19-7-11-21(12-8-19)26(2,3)4/h5-16H,17H2,1-4H3. The molecule has 0 amide bonds. The molecule has 0 aliphatic rings. The molecule has 0 radical (unpaired) electrons. The van der Waals surface area contributed by atoms with E-state index in [0.717, 1.165) is 28.0 Å². The zero-order chi connectivity index (χ0) is 22.0. The Kier molecular flexibility index (Phi) is 6.22. The van der Waals surface area contributed by atoms with E-state index in [9.17, 15) is 0 Å². The third-order valence-corrected chi connectivity index (χ3v) is 6.47. The number of aromatic nitrogens is 3. The van der Waals surface area contributed by atoms with Gasteiger partial charge in [0.1, 0.15) is 0 Å². The van der Waals surface area contributed by atoms with Crippen molar-refractivity contribution < 1.29 is 0 Å². The Balaban J connectivity index is 1.66. The predicted molar refractivity (Wildman–Crippen MR) is 131 cm³/mol. The van der Waals surface area contributed by atoms with E-state index >= 15 is 0 Å². The molecular weight excluding hydrogens is 422 g/mol. The molecule has 0 aliphatic carbocycles. The van der Waals surface area contributed by atoms with Crippen LogP contribution in [0.1, 0.15) is 37.5 Å². The van der Waals surface area contributed by atoms with Crippen molar-refractivity contribution in [3.8, 4) is 17.1 Å². The van der Waals surface area contributed by atoms with E-state index in [0.29, 0.717) is 5.02 Å². The number of aryl methyl sites for hydroxylation is 1. The van der Waals surface area contributed by atoms with Crippen LogP contribution < -0.4 is 0 Å². The summed E-state index contributed by atoms with van der Waals surface area (Å²) in [5.41, 5.74) is 6.01. The third kappa shape index (κ3) is 5.03. The summed E-state index contributed by atoms with van der Waals surface area (Å²) in [5.74, 6) is 1.65. The highest BCUT2D eigenvalue weighted by atomic mass is 35.5. The number of halogens is 1. The van der Waals surface area contributed by atoms with Crippen molar-refractivity contribution in [2.75, 3.05) is 0 Å². The number of rotatable bonds is 5. The van der Waals surface area contributed by atoms with Crippen molar-refractivity contribution in [3.05, 3.63) is 94.5 Å². The first-order valence-electron chi connectivity index (χ1n) is 10.3. The lowest BCUT2D eigenvalue weighted by atomic mass is 9.87. The van der Waals surface area contributed by atoms with Crippen LogP contribution in [0.5, 0.6) is 0 Å². The molecule has 0 spiro atoms. The molecule has 0 saturated carbocycles. The minimum atomic E-state index is 0.156. The summed E-state index contributed by atoms with van der Waals surface area (Å²) in [5, 5.41) is 10.6. The molecule has 5 heteroatoms. The summed E-state index contributed by atoms with van der Waals surface area (Å²) in [6.07, 6.45) is 0. The lowest BCUT2D eigenvalue weighted by Gasteiger charge is -2.19. The minimum Gasteiger partial charge on any atom is -0.270 e. The van der Waals surface area contributed by atoms with Gasteiger partial charge in [0.25, 0.3) is 0 Å². The van der Waals surface area contributed by atoms with Gasteiger partial charge in [-0.1, -0.05) is 98.2 Å². The second-order valence-electron chi connectivity index (χ2n) is 8.72. The Morgan fingerprint density at radius 3 is 2.10 bits per heavy atom. The van der Waals surface area contributed by atoms with Crippen molar-refractivity contribution in [3.63, 3.8) is 0 Å². The second-order valence-corrected chi connectivity index (χ2v) is 10.1. The van der Waals surface area contributed by atoms with Gasteiger partial charge in [0.2, 0.25) is 0 Å². The van der Waals surface area contributed by atoms with Gasteiger partial charge in [-0.2, -0.15) is 0 Å². The lowest BCUT2D eigenvalue weighted by molar-refractivity contribution is 0.590. The van der Waals surface area contributed by atoms with Gasteiger partial charge in [-0.15, -0.1) is 10.2 Å². The highest BCUT2D eigenvalue weighted by molar-refractivity contribution is 7.98. The average molecular weight is 448 g/mol. The van der Waals surface area contributed by atoms with Gasteiger partial charge in [-0.25, -0.2) is 0 Å². The summed E-state index contributed by atoms with van der Waals surface area (Å²) >= 11 is 7.81. The summed E-state index contributed by atoms with van der Waals surface area (Å²) < 4.78 is 2.11. The topological polar surface area (TPSA) is 30.7 Å². The molecule has 1 heterocycles. The quantitative estimate of drug-likeness (QED) is 0.297. The number of nitrogens with zero attached hydrogens (tertiary/aromatic N) is 3. The predicted octanol–water partition coefficient (Wildman–Crippen LogP) is 7.49. The fourth-order valence-corrected chi connectivity index (χ4v) is 4.36. The van der Waals surface area contributed by atoms with E-state index in [1.54, 1.807) is 11.8 Å². The fourth-order valence-electron chi connectivity index (χ4n) is 3.32. The Morgan fingerprint density at radius 2 is 1.48 bits per heavy atom. The summed E-state index contributed by atoms with van der Waals surface area (Å²) in [4.78, 5) is 0. The Hall–Kier alpha value is -2.56.